The van der Waals surface area contributed by atoms with Gasteiger partial charge in [-0.15, -0.1) is 0 Å². The summed E-state index contributed by atoms with van der Waals surface area (Å²) in [6.07, 6.45) is -0.736. The SMILES string of the molecule is CC1(C)O[C@H]2O[C@H]3[C@H](OC[C@H]4[C@@H]3C(C(C)(C)C)=C(C(C)(C)C)OC4(C)C)[C@H]2O1. The van der Waals surface area contributed by atoms with Gasteiger partial charge in [-0.3, -0.25) is 0 Å². The van der Waals surface area contributed by atoms with Crippen LogP contribution in [-0.4, -0.2) is 42.6 Å². The first-order valence-corrected chi connectivity index (χ1v) is 10.7. The molecule has 4 heterocycles. The lowest BCUT2D eigenvalue weighted by Crippen LogP contribution is -2.59. The molecule has 3 fully saturated rings. The van der Waals surface area contributed by atoms with Crippen LogP contribution in [-0.2, 0) is 23.7 Å². The van der Waals surface area contributed by atoms with Gasteiger partial charge in [-0.2, -0.15) is 0 Å². The van der Waals surface area contributed by atoms with Crippen molar-refractivity contribution < 1.29 is 23.7 Å². The van der Waals surface area contributed by atoms with Crippen LogP contribution in [0.25, 0.3) is 0 Å². The Hall–Kier alpha value is -0.620. The fourth-order valence-corrected chi connectivity index (χ4v) is 5.47. The number of ether oxygens (including phenoxy) is 5. The van der Waals surface area contributed by atoms with E-state index in [9.17, 15) is 0 Å². The van der Waals surface area contributed by atoms with E-state index in [1.165, 1.54) is 5.57 Å². The summed E-state index contributed by atoms with van der Waals surface area (Å²) >= 11 is 0. The van der Waals surface area contributed by atoms with Crippen molar-refractivity contribution in [3.05, 3.63) is 11.3 Å². The van der Waals surface area contributed by atoms with Crippen molar-refractivity contribution in [3.8, 4) is 0 Å². The molecule has 6 atom stereocenters. The summed E-state index contributed by atoms with van der Waals surface area (Å²) in [7, 11) is 0. The smallest absolute Gasteiger partial charge is 0.190 e. The van der Waals surface area contributed by atoms with Gasteiger partial charge in [0.05, 0.1) is 12.7 Å². The summed E-state index contributed by atoms with van der Waals surface area (Å²) in [6, 6.07) is 0. The van der Waals surface area contributed by atoms with Gasteiger partial charge in [0.1, 0.15) is 23.6 Å². The fourth-order valence-electron chi connectivity index (χ4n) is 5.47. The third-order valence-electron chi connectivity index (χ3n) is 6.61. The van der Waals surface area contributed by atoms with Crippen LogP contribution in [0.1, 0.15) is 69.2 Å². The van der Waals surface area contributed by atoms with Crippen molar-refractivity contribution >= 4 is 0 Å². The second kappa shape index (κ2) is 5.96. The second-order valence-electron chi connectivity index (χ2n) is 11.9. The monoisotopic (exact) mass is 394 g/mol. The van der Waals surface area contributed by atoms with Gasteiger partial charge in [0.15, 0.2) is 12.1 Å². The van der Waals surface area contributed by atoms with E-state index in [1.807, 2.05) is 13.8 Å². The molecule has 0 aromatic rings. The van der Waals surface area contributed by atoms with E-state index in [0.717, 1.165) is 5.76 Å². The molecule has 5 heteroatoms. The molecule has 0 N–H and O–H groups in total. The normalized spacial score (nSPS) is 41.9. The van der Waals surface area contributed by atoms with Crippen molar-refractivity contribution in [2.75, 3.05) is 6.61 Å². The van der Waals surface area contributed by atoms with Gasteiger partial charge in [-0.1, -0.05) is 41.5 Å². The molecule has 0 radical (unpaired) electrons. The molecule has 3 saturated heterocycles. The van der Waals surface area contributed by atoms with Gasteiger partial charge in [0.25, 0.3) is 0 Å². The van der Waals surface area contributed by atoms with E-state index in [4.69, 9.17) is 23.7 Å². The first-order chi connectivity index (χ1) is 12.6. The molecule has 28 heavy (non-hydrogen) atoms. The molecule has 160 valence electrons. The molecule has 5 nitrogen and oxygen atoms in total. The molecule has 0 aliphatic carbocycles. The predicted molar refractivity (Wildman–Crippen MR) is 107 cm³/mol. The minimum absolute atomic E-state index is 0.0357. The Morgan fingerprint density at radius 2 is 1.46 bits per heavy atom. The van der Waals surface area contributed by atoms with Gasteiger partial charge in [0.2, 0.25) is 0 Å². The highest BCUT2D eigenvalue weighted by Gasteiger charge is 2.64. The number of allylic oxidation sites excluding steroid dienone is 1. The van der Waals surface area contributed by atoms with Gasteiger partial charge in [0, 0.05) is 17.3 Å². The molecule has 0 saturated carbocycles. The maximum atomic E-state index is 6.70. The second-order valence-corrected chi connectivity index (χ2v) is 11.9. The summed E-state index contributed by atoms with van der Waals surface area (Å²) < 4.78 is 31.8. The zero-order valence-corrected chi connectivity index (χ0v) is 19.2. The number of rotatable bonds is 0. The Kier molecular flexibility index (Phi) is 4.40. The lowest BCUT2D eigenvalue weighted by Gasteiger charge is -2.55. The van der Waals surface area contributed by atoms with E-state index in [0.29, 0.717) is 6.61 Å². The molecule has 0 aromatic heterocycles. The molecule has 0 amide bonds. The van der Waals surface area contributed by atoms with E-state index >= 15 is 0 Å². The zero-order chi connectivity index (χ0) is 20.9. The van der Waals surface area contributed by atoms with Crippen molar-refractivity contribution in [1.29, 1.82) is 0 Å². The fraction of sp³-hybridized carbons (Fsp3) is 0.913. The number of hydrogen-bond acceptors (Lipinski definition) is 5. The van der Waals surface area contributed by atoms with Gasteiger partial charge in [-0.25, -0.2) is 0 Å². The maximum absolute atomic E-state index is 6.70. The molecule has 4 rings (SSSR count). The Morgan fingerprint density at radius 3 is 2.04 bits per heavy atom. The van der Waals surface area contributed by atoms with Crippen LogP contribution < -0.4 is 0 Å². The van der Waals surface area contributed by atoms with Gasteiger partial charge in [-0.05, 0) is 38.7 Å². The van der Waals surface area contributed by atoms with Gasteiger partial charge >= 0.3 is 0 Å². The standard InChI is InChI=1S/C23H38O5/c1-20(2,3)14-13-12(22(7,8)27-18(14)21(4,5)6)11-24-16-15(13)25-19-17(16)26-23(9,10)28-19/h12-13,15-17,19H,11H2,1-10H3/t12-,13+,15+,16-,17+,19+/m0/s1. The number of fused-ring (bicyclic) bond motifs is 5. The van der Waals surface area contributed by atoms with Crippen LogP contribution >= 0.6 is 0 Å². The van der Waals surface area contributed by atoms with Crippen LogP contribution in [0.3, 0.4) is 0 Å². The lowest BCUT2D eigenvalue weighted by molar-refractivity contribution is -0.251. The predicted octanol–water partition coefficient (Wildman–Crippen LogP) is 4.65. The summed E-state index contributed by atoms with van der Waals surface area (Å²) in [4.78, 5) is 0. The summed E-state index contributed by atoms with van der Waals surface area (Å²) in [5.41, 5.74) is 0.921. The molecule has 4 aliphatic rings. The molecule has 0 spiro atoms. The Labute approximate surface area is 170 Å². The van der Waals surface area contributed by atoms with E-state index < -0.39 is 5.79 Å². The van der Waals surface area contributed by atoms with Crippen LogP contribution in [0.2, 0.25) is 0 Å². The van der Waals surface area contributed by atoms with Crippen molar-refractivity contribution in [1.82, 2.24) is 0 Å². The molecular formula is C23H38O5. The largest absolute Gasteiger partial charge is 0.491 e. The zero-order valence-electron chi connectivity index (χ0n) is 19.2. The van der Waals surface area contributed by atoms with Crippen molar-refractivity contribution in [2.24, 2.45) is 22.7 Å². The van der Waals surface area contributed by atoms with Gasteiger partial charge < -0.3 is 23.7 Å². The van der Waals surface area contributed by atoms with Crippen LogP contribution in [0.15, 0.2) is 11.3 Å². The Morgan fingerprint density at radius 1 is 0.821 bits per heavy atom. The molecule has 0 aromatic carbocycles. The Balaban J connectivity index is 1.81. The van der Waals surface area contributed by atoms with Crippen LogP contribution in [0.5, 0.6) is 0 Å². The third kappa shape index (κ3) is 3.13. The van der Waals surface area contributed by atoms with Crippen LogP contribution in [0.4, 0.5) is 0 Å². The lowest BCUT2D eigenvalue weighted by atomic mass is 9.61. The average Bonchev–Trinajstić information content (AvgIpc) is 2.95. The van der Waals surface area contributed by atoms with E-state index in [1.54, 1.807) is 0 Å². The van der Waals surface area contributed by atoms with Crippen LogP contribution in [0, 0.1) is 22.7 Å². The highest BCUT2D eigenvalue weighted by molar-refractivity contribution is 5.31. The highest BCUT2D eigenvalue weighted by atomic mass is 16.8. The quantitative estimate of drug-likeness (QED) is 0.598. The molecular weight excluding hydrogens is 356 g/mol. The Bertz CT molecular complexity index is 678. The van der Waals surface area contributed by atoms with E-state index in [-0.39, 0.29) is 52.9 Å². The molecule has 4 aliphatic heterocycles. The van der Waals surface area contributed by atoms with Crippen molar-refractivity contribution in [3.63, 3.8) is 0 Å². The first-order valence-electron chi connectivity index (χ1n) is 10.7. The highest BCUT2D eigenvalue weighted by Crippen LogP contribution is 2.57. The third-order valence-corrected chi connectivity index (χ3v) is 6.61. The first kappa shape index (κ1) is 20.6. The minimum atomic E-state index is -0.630. The summed E-state index contributed by atoms with van der Waals surface area (Å²) in [5, 5.41) is 0. The summed E-state index contributed by atoms with van der Waals surface area (Å²) in [5.74, 6) is 0.919. The average molecular weight is 395 g/mol. The molecule has 0 unspecified atom stereocenters. The minimum Gasteiger partial charge on any atom is -0.491 e. The molecule has 0 bridgehead atoms. The number of hydrogen-bond donors (Lipinski definition) is 0. The maximum Gasteiger partial charge on any atom is 0.190 e. The van der Waals surface area contributed by atoms with E-state index in [2.05, 4.69) is 55.4 Å². The summed E-state index contributed by atoms with van der Waals surface area (Å²) in [6.45, 7) is 22.4. The topological polar surface area (TPSA) is 46.2 Å². The van der Waals surface area contributed by atoms with Crippen molar-refractivity contribution in [2.45, 2.75) is 105 Å².